The Morgan fingerprint density at radius 3 is 1.02 bits per heavy atom. The van der Waals surface area contributed by atoms with Crippen LogP contribution in [0.3, 0.4) is 0 Å². The van der Waals surface area contributed by atoms with Crippen LogP contribution < -0.4 is 0 Å². The van der Waals surface area contributed by atoms with Gasteiger partial charge in [0, 0.05) is 42.0 Å². The lowest BCUT2D eigenvalue weighted by atomic mass is 9.93. The van der Waals surface area contributed by atoms with Gasteiger partial charge in [-0.15, -0.1) is 68.0 Å². The van der Waals surface area contributed by atoms with Gasteiger partial charge in [-0.05, 0) is 78.6 Å². The maximum absolute atomic E-state index is 15.6. The van der Waals surface area contributed by atoms with E-state index in [1.54, 1.807) is 55.1 Å². The summed E-state index contributed by atoms with van der Waals surface area (Å²) in [6.45, 7) is 9.95. The van der Waals surface area contributed by atoms with E-state index in [4.69, 9.17) is 0 Å². The summed E-state index contributed by atoms with van der Waals surface area (Å²) >= 11 is 9.78. The molecule has 2 aliphatic heterocycles. The molecule has 472 valence electrons. The number of imide groups is 2. The Kier molecular flexibility index (Phi) is 30.2. The van der Waals surface area contributed by atoms with Gasteiger partial charge in [0.2, 0.25) is 0 Å². The summed E-state index contributed by atoms with van der Waals surface area (Å²) in [6, 6.07) is 12.8. The Labute approximate surface area is 543 Å². The van der Waals surface area contributed by atoms with Gasteiger partial charge in [0.15, 0.2) is 0 Å². The van der Waals surface area contributed by atoms with E-state index in [2.05, 4.69) is 63.4 Å². The highest BCUT2D eigenvalue weighted by atomic mass is 32.1. The molecular weight excluding hydrogens is 1170 g/mol. The molecule has 2 aliphatic rings. The number of hydrogen-bond donors (Lipinski definition) is 0. The molecule has 0 spiro atoms. The fourth-order valence-electron chi connectivity index (χ4n) is 13.4. The minimum absolute atomic E-state index is 0.202. The Morgan fingerprint density at radius 1 is 0.314 bits per heavy atom. The minimum Gasteiger partial charge on any atom is -0.274 e. The van der Waals surface area contributed by atoms with Crippen molar-refractivity contribution in [2.24, 2.45) is 11.8 Å². The SMILES string of the molecule is CCCCCCCCCCCCC(CCCCCCCCCC)CN1C(=O)c2c(-c3cccs3)sc(-c3sc(-c4ccc(-c5cc6sccc6s5)s4)c4c3C(=O)N(CC(CCCCCCCCCC)CCCCCCCCCCCC)C4=O)c2C1=O. The van der Waals surface area contributed by atoms with E-state index in [1.165, 1.54) is 242 Å². The zero-order valence-electron chi connectivity index (χ0n) is 53.4. The standard InChI is InChI=1S/C74H106N2O4S6/c1-5-9-13-17-21-25-27-31-35-39-44-55(42-37-33-29-23-19-15-11-7-3)53-75-71(77)63-65(73(75)79)69(85-67(63)59-46-41-50-81-59)70-66-64(68(86-70)60-48-47-57(83-60)62-52-61-58(84-62)49-51-82-61)72(78)76(74(66)80)54-56(43-38-34-30-24-20-16-12-8-4)45-40-36-32-28-26-22-18-14-10-6-2/h41,46-52,55-56H,5-40,42-45,53-54H2,1-4H3. The summed E-state index contributed by atoms with van der Waals surface area (Å²) in [4.78, 5) is 72.3. The van der Waals surface area contributed by atoms with Gasteiger partial charge in [0.1, 0.15) is 0 Å². The van der Waals surface area contributed by atoms with Gasteiger partial charge in [-0.1, -0.05) is 265 Å². The van der Waals surface area contributed by atoms with Crippen molar-refractivity contribution in [3.63, 3.8) is 0 Å². The van der Waals surface area contributed by atoms with Crippen molar-refractivity contribution >= 4 is 101 Å². The number of amides is 4. The minimum atomic E-state index is -0.239. The van der Waals surface area contributed by atoms with Crippen LogP contribution in [0.1, 0.15) is 326 Å². The van der Waals surface area contributed by atoms with Crippen molar-refractivity contribution in [3.05, 3.63) is 69.4 Å². The van der Waals surface area contributed by atoms with Crippen molar-refractivity contribution < 1.29 is 19.2 Å². The van der Waals surface area contributed by atoms with Crippen LogP contribution in [0.15, 0.2) is 47.2 Å². The lowest BCUT2D eigenvalue weighted by Crippen LogP contribution is -2.35. The number of fused-ring (bicyclic) bond motifs is 3. The fourth-order valence-corrected chi connectivity index (χ4v) is 20.3. The van der Waals surface area contributed by atoms with Crippen molar-refractivity contribution in [2.45, 2.75) is 285 Å². The van der Waals surface area contributed by atoms with E-state index >= 15 is 19.2 Å². The smallest absolute Gasteiger partial charge is 0.263 e. The molecule has 0 aliphatic carbocycles. The second-order valence-corrected chi connectivity index (χ2v) is 31.7. The van der Waals surface area contributed by atoms with E-state index in [1.807, 2.05) is 11.4 Å². The highest BCUT2D eigenvalue weighted by Crippen LogP contribution is 2.55. The Morgan fingerprint density at radius 2 is 0.663 bits per heavy atom. The second kappa shape index (κ2) is 37.8. The Balaban J connectivity index is 1.07. The molecule has 86 heavy (non-hydrogen) atoms. The van der Waals surface area contributed by atoms with Gasteiger partial charge in [-0.2, -0.15) is 0 Å². The number of carbonyl (C=O) groups is 4. The van der Waals surface area contributed by atoms with Gasteiger partial charge in [-0.25, -0.2) is 0 Å². The predicted octanol–water partition coefficient (Wildman–Crippen LogP) is 26.0. The van der Waals surface area contributed by atoms with Crippen LogP contribution in [0.5, 0.6) is 0 Å². The number of unbranched alkanes of at least 4 members (excludes halogenated alkanes) is 32. The third-order valence-electron chi connectivity index (χ3n) is 18.6. The maximum Gasteiger partial charge on any atom is 0.263 e. The van der Waals surface area contributed by atoms with E-state index in [0.717, 1.165) is 75.8 Å². The van der Waals surface area contributed by atoms with Crippen LogP contribution in [0.4, 0.5) is 0 Å². The quantitative estimate of drug-likeness (QED) is 0.0282. The first-order valence-corrected chi connectivity index (χ1v) is 40.0. The molecule has 8 rings (SSSR count). The molecular formula is C74H106N2O4S6. The Hall–Kier alpha value is -3.26. The third kappa shape index (κ3) is 19.4. The third-order valence-corrected chi connectivity index (χ3v) is 25.7. The average Bonchev–Trinajstić information content (AvgIpc) is 1.59. The lowest BCUT2D eigenvalue weighted by Gasteiger charge is -2.23. The summed E-state index contributed by atoms with van der Waals surface area (Å²) in [5.74, 6) is -0.428. The molecule has 2 unspecified atom stereocenters. The molecule has 2 atom stereocenters. The summed E-state index contributed by atoms with van der Waals surface area (Å²) in [5, 5.41) is 4.18. The van der Waals surface area contributed by atoms with Gasteiger partial charge in [0.05, 0.1) is 41.8 Å². The number of thiophene rings is 6. The summed E-state index contributed by atoms with van der Waals surface area (Å²) in [6.07, 6.45) is 49.7. The largest absolute Gasteiger partial charge is 0.274 e. The molecule has 6 nitrogen and oxygen atoms in total. The molecule has 0 saturated heterocycles. The van der Waals surface area contributed by atoms with Gasteiger partial charge in [-0.3, -0.25) is 29.0 Å². The van der Waals surface area contributed by atoms with Crippen molar-refractivity contribution in [1.29, 1.82) is 0 Å². The van der Waals surface area contributed by atoms with Crippen molar-refractivity contribution in [1.82, 2.24) is 9.80 Å². The highest BCUT2D eigenvalue weighted by Gasteiger charge is 2.48. The number of carbonyl (C=O) groups excluding carboxylic acids is 4. The summed E-state index contributed by atoms with van der Waals surface area (Å²) < 4.78 is 2.55. The summed E-state index contributed by atoms with van der Waals surface area (Å²) in [7, 11) is 0. The molecule has 6 aromatic heterocycles. The van der Waals surface area contributed by atoms with Crippen LogP contribution >= 0.6 is 68.0 Å². The molecule has 0 bridgehead atoms. The van der Waals surface area contributed by atoms with Crippen LogP contribution in [-0.4, -0.2) is 46.5 Å². The fraction of sp³-hybridized carbons (Fsp3) is 0.649. The zero-order chi connectivity index (χ0) is 60.3. The summed E-state index contributed by atoms with van der Waals surface area (Å²) in [5.41, 5.74) is 1.83. The number of nitrogens with zero attached hydrogens (tertiary/aromatic N) is 2. The molecule has 0 aromatic carbocycles. The molecule has 0 radical (unpaired) electrons. The van der Waals surface area contributed by atoms with E-state index < -0.39 is 0 Å². The van der Waals surface area contributed by atoms with Crippen molar-refractivity contribution in [2.75, 3.05) is 13.1 Å². The molecule has 0 saturated carbocycles. The van der Waals surface area contributed by atoms with Crippen LogP contribution in [0, 0.1) is 11.8 Å². The van der Waals surface area contributed by atoms with Crippen molar-refractivity contribution in [3.8, 4) is 39.0 Å². The van der Waals surface area contributed by atoms with Gasteiger partial charge in [0.25, 0.3) is 23.6 Å². The molecule has 4 amide bonds. The van der Waals surface area contributed by atoms with Gasteiger partial charge < -0.3 is 0 Å². The highest BCUT2D eigenvalue weighted by molar-refractivity contribution is 7.32. The Bertz CT molecular complexity index is 2920. The lowest BCUT2D eigenvalue weighted by molar-refractivity contribution is 0.0606. The average molecular weight is 1280 g/mol. The van der Waals surface area contributed by atoms with Crippen LogP contribution in [0.25, 0.3) is 48.4 Å². The second-order valence-electron chi connectivity index (χ2n) is 25.6. The number of rotatable bonds is 48. The van der Waals surface area contributed by atoms with Gasteiger partial charge >= 0.3 is 0 Å². The van der Waals surface area contributed by atoms with E-state index in [0.29, 0.717) is 45.1 Å². The molecule has 6 aromatic rings. The maximum atomic E-state index is 15.6. The number of hydrogen-bond acceptors (Lipinski definition) is 10. The predicted molar refractivity (Wildman–Crippen MR) is 378 cm³/mol. The zero-order valence-corrected chi connectivity index (χ0v) is 58.3. The molecule has 12 heteroatoms. The normalized spacial score (nSPS) is 14.1. The first-order chi connectivity index (χ1) is 42.3. The molecule has 0 fully saturated rings. The first-order valence-electron chi connectivity index (χ1n) is 34.9. The van der Waals surface area contributed by atoms with E-state index in [-0.39, 0.29) is 35.5 Å². The van der Waals surface area contributed by atoms with Crippen LogP contribution in [-0.2, 0) is 0 Å². The van der Waals surface area contributed by atoms with E-state index in [9.17, 15) is 0 Å². The first kappa shape index (κ1) is 68.6. The monoisotopic (exact) mass is 1280 g/mol. The van der Waals surface area contributed by atoms with Crippen LogP contribution in [0.2, 0.25) is 0 Å². The molecule has 8 heterocycles. The molecule has 0 N–H and O–H groups in total. The topological polar surface area (TPSA) is 74.8 Å².